The molecule has 7 heteroatoms. The molecule has 5 nitrogen and oxygen atoms in total. The lowest BCUT2D eigenvalue weighted by Gasteiger charge is -2.24. The minimum atomic E-state index is -3.21. The highest BCUT2D eigenvalue weighted by atomic mass is 35.5. The Morgan fingerprint density at radius 1 is 1.12 bits per heavy atom. The van der Waals surface area contributed by atoms with Gasteiger partial charge < -0.3 is 11.1 Å². The van der Waals surface area contributed by atoms with Gasteiger partial charge in [-0.15, -0.1) is 12.4 Å². The molecule has 2 aromatic rings. The molecule has 1 amide bonds. The van der Waals surface area contributed by atoms with Crippen LogP contribution in [0.4, 0.5) is 5.69 Å². The van der Waals surface area contributed by atoms with Gasteiger partial charge in [-0.1, -0.05) is 42.5 Å². The summed E-state index contributed by atoms with van der Waals surface area (Å²) < 4.78 is 24.1. The van der Waals surface area contributed by atoms with Crippen LogP contribution in [0.3, 0.4) is 0 Å². The average molecular weight is 397 g/mol. The maximum absolute atomic E-state index is 12.6. The fourth-order valence-corrected chi connectivity index (χ4v) is 3.29. The number of anilines is 1. The van der Waals surface area contributed by atoms with E-state index >= 15 is 0 Å². The summed E-state index contributed by atoms with van der Waals surface area (Å²) >= 11 is 0. The number of hydrogen-bond donors (Lipinski definition) is 2. The molecule has 0 radical (unpaired) electrons. The summed E-state index contributed by atoms with van der Waals surface area (Å²) in [5.74, 6) is -0.421. The average Bonchev–Trinajstić information content (AvgIpc) is 2.55. The van der Waals surface area contributed by atoms with E-state index in [0.29, 0.717) is 16.8 Å². The normalized spacial score (nSPS) is 13.6. The van der Waals surface area contributed by atoms with Crippen LogP contribution in [0.2, 0.25) is 0 Å². The Hall–Kier alpha value is -1.89. The molecule has 142 valence electrons. The van der Waals surface area contributed by atoms with Gasteiger partial charge in [0, 0.05) is 5.69 Å². The van der Waals surface area contributed by atoms with Gasteiger partial charge in [0.25, 0.3) is 0 Å². The van der Waals surface area contributed by atoms with Crippen LogP contribution in [0, 0.1) is 0 Å². The topological polar surface area (TPSA) is 89.3 Å². The van der Waals surface area contributed by atoms with Gasteiger partial charge in [-0.3, -0.25) is 4.79 Å². The Bertz CT molecular complexity index is 850. The van der Waals surface area contributed by atoms with Crippen LogP contribution in [-0.4, -0.2) is 19.6 Å². The van der Waals surface area contributed by atoms with Gasteiger partial charge in [0.05, 0.1) is 11.0 Å². The number of halogens is 1. The lowest BCUT2D eigenvalue weighted by molar-refractivity contribution is -0.120. The van der Waals surface area contributed by atoms with Crippen LogP contribution in [-0.2, 0) is 25.9 Å². The predicted molar refractivity (Wildman–Crippen MR) is 108 cm³/mol. The first kappa shape index (κ1) is 22.2. The van der Waals surface area contributed by atoms with E-state index in [9.17, 15) is 13.2 Å². The Morgan fingerprint density at radius 2 is 1.73 bits per heavy atom. The number of carbonyl (C=O) groups is 1. The smallest absolute Gasteiger partial charge is 0.248 e. The second-order valence-electron chi connectivity index (χ2n) is 6.58. The molecular weight excluding hydrogens is 372 g/mol. The van der Waals surface area contributed by atoms with Crippen molar-refractivity contribution in [2.24, 2.45) is 5.73 Å². The molecule has 0 bridgehead atoms. The van der Waals surface area contributed by atoms with Gasteiger partial charge in [-0.2, -0.15) is 0 Å². The predicted octanol–water partition coefficient (Wildman–Crippen LogP) is 3.24. The highest BCUT2D eigenvalue weighted by molar-refractivity contribution is 7.91. The van der Waals surface area contributed by atoms with E-state index in [4.69, 9.17) is 5.73 Å². The molecule has 0 aliphatic rings. The van der Waals surface area contributed by atoms with Crippen molar-refractivity contribution in [3.05, 3.63) is 65.7 Å². The Balaban J connectivity index is 0.00000338. The fraction of sp³-hybridized carbons (Fsp3) is 0.316. The van der Waals surface area contributed by atoms with Crippen molar-refractivity contribution in [2.75, 3.05) is 5.32 Å². The molecule has 0 fully saturated rings. The quantitative estimate of drug-likeness (QED) is 0.784. The Labute approximate surface area is 161 Å². The highest BCUT2D eigenvalue weighted by Gasteiger charge is 2.30. The van der Waals surface area contributed by atoms with Crippen LogP contribution >= 0.6 is 12.4 Å². The van der Waals surface area contributed by atoms with E-state index in [2.05, 4.69) is 5.32 Å². The third kappa shape index (κ3) is 5.30. The molecule has 26 heavy (non-hydrogen) atoms. The number of amides is 1. The number of nitrogens with one attached hydrogen (secondary N) is 1. The molecule has 0 saturated heterocycles. The molecule has 0 aliphatic carbocycles. The standard InChI is InChI=1S/C19H24N2O3S.ClH/c1-14(2)25(23,24)13-15-8-7-11-17(12-15)21-18(22)19(3,20)16-9-5-4-6-10-16;/h4-12,14H,13,20H2,1-3H3,(H,21,22);1H. The largest absolute Gasteiger partial charge is 0.324 e. The number of carbonyl (C=O) groups excluding carboxylic acids is 1. The van der Waals surface area contributed by atoms with Crippen molar-refractivity contribution in [3.8, 4) is 0 Å². The van der Waals surface area contributed by atoms with Gasteiger partial charge >= 0.3 is 0 Å². The van der Waals surface area contributed by atoms with E-state index in [0.717, 1.165) is 0 Å². The number of nitrogens with two attached hydrogens (primary N) is 1. The van der Waals surface area contributed by atoms with Gasteiger partial charge in [0.2, 0.25) is 5.91 Å². The lowest BCUT2D eigenvalue weighted by atomic mass is 9.92. The van der Waals surface area contributed by atoms with E-state index in [1.165, 1.54) is 0 Å². The lowest BCUT2D eigenvalue weighted by Crippen LogP contribution is -2.45. The molecule has 3 N–H and O–H groups in total. The summed E-state index contributed by atoms with van der Waals surface area (Å²) in [7, 11) is -3.21. The molecule has 0 heterocycles. The van der Waals surface area contributed by atoms with Gasteiger partial charge in [0.15, 0.2) is 9.84 Å². The summed E-state index contributed by atoms with van der Waals surface area (Å²) in [6, 6.07) is 15.9. The maximum Gasteiger partial charge on any atom is 0.248 e. The SMILES string of the molecule is CC(C)S(=O)(=O)Cc1cccc(NC(=O)C(C)(N)c2ccccc2)c1.Cl. The summed E-state index contributed by atoms with van der Waals surface area (Å²) in [6.45, 7) is 4.95. The molecule has 0 aromatic heterocycles. The van der Waals surface area contributed by atoms with E-state index in [-0.39, 0.29) is 24.1 Å². The number of rotatable bonds is 6. The van der Waals surface area contributed by atoms with Crippen molar-refractivity contribution in [2.45, 2.75) is 37.3 Å². The third-order valence-corrected chi connectivity index (χ3v) is 6.29. The first-order chi connectivity index (χ1) is 11.6. The van der Waals surface area contributed by atoms with Gasteiger partial charge in [-0.05, 0) is 44.0 Å². The van der Waals surface area contributed by atoms with Crippen molar-refractivity contribution in [1.82, 2.24) is 0 Å². The first-order valence-electron chi connectivity index (χ1n) is 8.09. The molecule has 2 rings (SSSR count). The van der Waals surface area contributed by atoms with Crippen LogP contribution in [0.1, 0.15) is 31.9 Å². The van der Waals surface area contributed by atoms with Gasteiger partial charge in [0.1, 0.15) is 5.54 Å². The maximum atomic E-state index is 12.6. The van der Waals surface area contributed by atoms with Crippen molar-refractivity contribution >= 4 is 33.8 Å². The Kier molecular flexibility index (Phi) is 7.38. The highest BCUT2D eigenvalue weighted by Crippen LogP contribution is 2.21. The molecule has 0 spiro atoms. The first-order valence-corrected chi connectivity index (χ1v) is 9.81. The molecular formula is C19H25ClN2O3S. The van der Waals surface area contributed by atoms with Crippen LogP contribution in [0.25, 0.3) is 0 Å². The summed E-state index contributed by atoms with van der Waals surface area (Å²) in [4.78, 5) is 12.6. The summed E-state index contributed by atoms with van der Waals surface area (Å²) in [5, 5.41) is 2.33. The molecule has 1 atom stereocenters. The van der Waals surface area contributed by atoms with Crippen molar-refractivity contribution in [1.29, 1.82) is 0 Å². The van der Waals surface area contributed by atoms with E-state index in [1.807, 2.05) is 18.2 Å². The third-order valence-electron chi connectivity index (χ3n) is 4.12. The zero-order valence-electron chi connectivity index (χ0n) is 15.1. The summed E-state index contributed by atoms with van der Waals surface area (Å²) in [6.07, 6.45) is 0. The summed E-state index contributed by atoms with van der Waals surface area (Å²) in [5.41, 5.74) is 6.86. The van der Waals surface area contributed by atoms with Gasteiger partial charge in [-0.25, -0.2) is 8.42 Å². The van der Waals surface area contributed by atoms with Crippen LogP contribution < -0.4 is 11.1 Å². The molecule has 0 aliphatic heterocycles. The number of sulfone groups is 1. The van der Waals surface area contributed by atoms with Crippen molar-refractivity contribution < 1.29 is 13.2 Å². The number of benzene rings is 2. The monoisotopic (exact) mass is 396 g/mol. The van der Waals surface area contributed by atoms with Crippen molar-refractivity contribution in [3.63, 3.8) is 0 Å². The second-order valence-corrected chi connectivity index (χ2v) is 9.14. The van der Waals surface area contributed by atoms with Crippen LogP contribution in [0.15, 0.2) is 54.6 Å². The van der Waals surface area contributed by atoms with E-state index < -0.39 is 20.6 Å². The fourth-order valence-electron chi connectivity index (χ4n) is 2.31. The molecule has 0 saturated carbocycles. The zero-order valence-corrected chi connectivity index (χ0v) is 16.7. The zero-order chi connectivity index (χ0) is 18.7. The minimum Gasteiger partial charge on any atom is -0.324 e. The van der Waals surface area contributed by atoms with E-state index in [1.54, 1.807) is 57.2 Å². The van der Waals surface area contributed by atoms with Crippen LogP contribution in [0.5, 0.6) is 0 Å². The number of hydrogen-bond acceptors (Lipinski definition) is 4. The Morgan fingerprint density at radius 3 is 2.31 bits per heavy atom. The minimum absolute atomic E-state index is 0. The molecule has 2 aromatic carbocycles. The molecule has 1 unspecified atom stereocenters. The second kappa shape index (κ2) is 8.66.